The molecule has 1 aromatic carbocycles. The summed E-state index contributed by atoms with van der Waals surface area (Å²) in [5.41, 5.74) is 0.911. The molecule has 4 saturated carbocycles. The van der Waals surface area contributed by atoms with Crippen LogP contribution in [-0.2, 0) is 5.41 Å². The van der Waals surface area contributed by atoms with E-state index in [4.69, 9.17) is 23.8 Å². The number of aromatic nitrogens is 3. The van der Waals surface area contributed by atoms with Crippen LogP contribution in [-0.4, -0.2) is 14.8 Å². The smallest absolute Gasteiger partial charge is 0.199 e. The molecule has 1 aromatic heterocycles. The first-order valence-corrected chi connectivity index (χ1v) is 9.46. The lowest BCUT2D eigenvalue weighted by Gasteiger charge is -2.56. The fourth-order valence-electron chi connectivity index (χ4n) is 5.90. The monoisotopic (exact) mass is 363 g/mol. The van der Waals surface area contributed by atoms with Gasteiger partial charge in [0.05, 0.1) is 10.7 Å². The number of benzene rings is 1. The van der Waals surface area contributed by atoms with E-state index in [1.807, 2.05) is 4.57 Å². The molecule has 3 nitrogen and oxygen atoms in total. The first-order valence-electron chi connectivity index (χ1n) is 8.67. The molecule has 0 spiro atoms. The average Bonchev–Trinajstić information content (AvgIpc) is 2.91. The Morgan fingerprint density at radius 2 is 1.79 bits per heavy atom. The lowest BCUT2D eigenvalue weighted by atomic mass is 9.49. The molecule has 126 valence electrons. The van der Waals surface area contributed by atoms with Gasteiger partial charge in [0.25, 0.3) is 0 Å². The second-order valence-corrected chi connectivity index (χ2v) is 8.78. The van der Waals surface area contributed by atoms with Crippen molar-refractivity contribution < 1.29 is 4.39 Å². The third kappa shape index (κ3) is 2.14. The van der Waals surface area contributed by atoms with E-state index in [1.54, 1.807) is 12.1 Å². The summed E-state index contributed by atoms with van der Waals surface area (Å²) in [5.74, 6) is 3.09. The van der Waals surface area contributed by atoms with Crippen molar-refractivity contribution in [1.82, 2.24) is 14.8 Å². The normalized spacial score (nSPS) is 34.0. The van der Waals surface area contributed by atoms with Crippen molar-refractivity contribution in [2.24, 2.45) is 17.8 Å². The number of nitrogens with one attached hydrogen (secondary N) is 1. The van der Waals surface area contributed by atoms with E-state index in [0.717, 1.165) is 29.3 Å². The summed E-state index contributed by atoms with van der Waals surface area (Å²) in [6.07, 6.45) is 7.75. The minimum Gasteiger partial charge on any atom is -0.272 e. The highest BCUT2D eigenvalue weighted by Crippen LogP contribution is 2.60. The highest BCUT2D eigenvalue weighted by Gasteiger charge is 2.53. The number of hydrogen-bond donors (Lipinski definition) is 1. The second-order valence-electron chi connectivity index (χ2n) is 7.98. The predicted octanol–water partition coefficient (Wildman–Crippen LogP) is 5.19. The van der Waals surface area contributed by atoms with Gasteiger partial charge in [-0.3, -0.25) is 9.67 Å². The third-order valence-corrected chi connectivity index (χ3v) is 6.91. The lowest BCUT2D eigenvalue weighted by Crippen LogP contribution is -2.49. The molecule has 0 amide bonds. The fourth-order valence-corrected chi connectivity index (χ4v) is 6.31. The summed E-state index contributed by atoms with van der Waals surface area (Å²) in [6, 6.07) is 4.78. The van der Waals surface area contributed by atoms with Gasteiger partial charge in [-0.25, -0.2) is 4.39 Å². The molecule has 4 aliphatic carbocycles. The van der Waals surface area contributed by atoms with E-state index >= 15 is 0 Å². The summed E-state index contributed by atoms with van der Waals surface area (Å²) in [6.45, 7) is 0. The van der Waals surface area contributed by atoms with Crippen molar-refractivity contribution in [1.29, 1.82) is 0 Å². The molecular weight excluding hydrogens is 345 g/mol. The van der Waals surface area contributed by atoms with E-state index in [2.05, 4.69) is 10.2 Å². The van der Waals surface area contributed by atoms with Crippen molar-refractivity contribution in [3.63, 3.8) is 0 Å². The Morgan fingerprint density at radius 1 is 1.17 bits per heavy atom. The molecule has 4 fully saturated rings. The highest BCUT2D eigenvalue weighted by molar-refractivity contribution is 7.71. The zero-order valence-corrected chi connectivity index (χ0v) is 14.8. The molecule has 0 aliphatic heterocycles. The van der Waals surface area contributed by atoms with Crippen LogP contribution in [0.3, 0.4) is 0 Å². The van der Waals surface area contributed by atoms with Crippen LogP contribution in [0, 0.1) is 28.3 Å². The molecule has 24 heavy (non-hydrogen) atoms. The number of H-pyrrole nitrogens is 1. The van der Waals surface area contributed by atoms with Gasteiger partial charge in [-0.05, 0) is 86.7 Å². The van der Waals surface area contributed by atoms with Gasteiger partial charge in [-0.2, -0.15) is 5.10 Å². The first kappa shape index (κ1) is 15.1. The minimum absolute atomic E-state index is 0.114. The Morgan fingerprint density at radius 3 is 2.38 bits per heavy atom. The minimum atomic E-state index is -0.410. The summed E-state index contributed by atoms with van der Waals surface area (Å²) < 4.78 is 16.1. The van der Waals surface area contributed by atoms with Gasteiger partial charge in [0.15, 0.2) is 4.77 Å². The molecule has 6 rings (SSSR count). The van der Waals surface area contributed by atoms with Crippen molar-refractivity contribution in [2.45, 2.75) is 43.9 Å². The van der Waals surface area contributed by atoms with Gasteiger partial charge in [-0.1, -0.05) is 11.6 Å². The Bertz CT molecular complexity index is 836. The predicted molar refractivity (Wildman–Crippen MR) is 93.6 cm³/mol. The number of hydrogen-bond acceptors (Lipinski definition) is 2. The Labute approximate surface area is 150 Å². The SMILES string of the molecule is Fc1ccc(-n2c(C34CC5CC(CC(C5)C3)C4)n[nH]c2=S)cc1Cl. The van der Waals surface area contributed by atoms with Gasteiger partial charge < -0.3 is 0 Å². The van der Waals surface area contributed by atoms with Crippen molar-refractivity contribution in [3.05, 3.63) is 39.6 Å². The number of nitrogens with zero attached hydrogens (tertiary/aromatic N) is 2. The van der Waals surface area contributed by atoms with Gasteiger partial charge in [-0.15, -0.1) is 0 Å². The number of aromatic amines is 1. The highest BCUT2D eigenvalue weighted by atomic mass is 35.5. The molecule has 1 heterocycles. The standard InChI is InChI=1S/C18H19ClFN3S/c19-14-6-13(1-2-15(14)20)23-16(21-22-17(23)24)18-7-10-3-11(8-18)5-12(4-10)9-18/h1-2,6,10-12H,3-5,7-9H2,(H,22,24). The van der Waals surface area contributed by atoms with Crippen LogP contribution < -0.4 is 0 Å². The van der Waals surface area contributed by atoms with Crippen molar-refractivity contribution in [3.8, 4) is 5.69 Å². The Balaban J connectivity index is 1.65. The van der Waals surface area contributed by atoms with Crippen LogP contribution >= 0.6 is 23.8 Å². The summed E-state index contributed by atoms with van der Waals surface area (Å²) >= 11 is 11.5. The van der Waals surface area contributed by atoms with E-state index < -0.39 is 5.82 Å². The summed E-state index contributed by atoms with van der Waals surface area (Å²) in [4.78, 5) is 0. The number of halogens is 2. The van der Waals surface area contributed by atoms with E-state index in [9.17, 15) is 4.39 Å². The second kappa shape index (κ2) is 5.15. The molecule has 4 aliphatic rings. The van der Waals surface area contributed by atoms with Gasteiger partial charge >= 0.3 is 0 Å². The van der Waals surface area contributed by atoms with Crippen LogP contribution in [0.4, 0.5) is 4.39 Å². The zero-order chi connectivity index (χ0) is 16.5. The van der Waals surface area contributed by atoms with Crippen LogP contribution in [0.2, 0.25) is 5.02 Å². The summed E-state index contributed by atoms with van der Waals surface area (Å²) in [5, 5.41) is 7.73. The third-order valence-electron chi connectivity index (χ3n) is 6.35. The van der Waals surface area contributed by atoms with Gasteiger partial charge in [0, 0.05) is 5.41 Å². The molecular formula is C18H19ClFN3S. The molecule has 6 heteroatoms. The maximum atomic E-state index is 13.6. The van der Waals surface area contributed by atoms with E-state index in [0.29, 0.717) is 4.77 Å². The van der Waals surface area contributed by atoms with Crippen molar-refractivity contribution >= 4 is 23.8 Å². The van der Waals surface area contributed by atoms with E-state index in [-0.39, 0.29) is 10.4 Å². The number of rotatable bonds is 2. The van der Waals surface area contributed by atoms with Crippen LogP contribution in [0.1, 0.15) is 44.3 Å². The van der Waals surface area contributed by atoms with E-state index in [1.165, 1.54) is 44.6 Å². The zero-order valence-electron chi connectivity index (χ0n) is 13.3. The summed E-state index contributed by atoms with van der Waals surface area (Å²) in [7, 11) is 0. The molecule has 1 N–H and O–H groups in total. The van der Waals surface area contributed by atoms with Gasteiger partial charge in [0.1, 0.15) is 11.6 Å². The lowest BCUT2D eigenvalue weighted by molar-refractivity contribution is -0.0102. The topological polar surface area (TPSA) is 33.6 Å². The maximum absolute atomic E-state index is 13.6. The molecule has 0 unspecified atom stereocenters. The average molecular weight is 364 g/mol. The molecule has 0 radical (unpaired) electrons. The van der Waals surface area contributed by atoms with Crippen LogP contribution in [0.25, 0.3) is 5.69 Å². The Kier molecular flexibility index (Phi) is 3.24. The maximum Gasteiger partial charge on any atom is 0.199 e. The quantitative estimate of drug-likeness (QED) is 0.745. The molecule has 2 aromatic rings. The van der Waals surface area contributed by atoms with Crippen LogP contribution in [0.5, 0.6) is 0 Å². The van der Waals surface area contributed by atoms with Crippen molar-refractivity contribution in [2.75, 3.05) is 0 Å². The van der Waals surface area contributed by atoms with Gasteiger partial charge in [0.2, 0.25) is 0 Å². The first-order chi connectivity index (χ1) is 11.5. The molecule has 4 bridgehead atoms. The largest absolute Gasteiger partial charge is 0.272 e. The van der Waals surface area contributed by atoms with Crippen LogP contribution in [0.15, 0.2) is 18.2 Å². The molecule has 0 atom stereocenters. The molecule has 0 saturated heterocycles. The fraction of sp³-hybridized carbons (Fsp3) is 0.556. The Hall–Kier alpha value is -1.20.